The van der Waals surface area contributed by atoms with E-state index >= 15 is 0 Å². The maximum Gasteiger partial charge on any atom is 0.323 e. The van der Waals surface area contributed by atoms with E-state index in [1.807, 2.05) is 6.07 Å². The number of amides is 1. The van der Waals surface area contributed by atoms with Crippen LogP contribution in [0.5, 0.6) is 11.5 Å². The van der Waals surface area contributed by atoms with Gasteiger partial charge in [-0.2, -0.15) is 0 Å². The first-order valence-electron chi connectivity index (χ1n) is 8.38. The molecule has 0 saturated carbocycles. The first-order chi connectivity index (χ1) is 12.9. The highest BCUT2D eigenvalue weighted by Crippen LogP contribution is 2.28. The smallest absolute Gasteiger partial charge is 0.323 e. The summed E-state index contributed by atoms with van der Waals surface area (Å²) < 4.78 is 23.4. The molecule has 2 rings (SSSR count). The summed E-state index contributed by atoms with van der Waals surface area (Å²) in [6.07, 6.45) is 0.572. The molecule has 0 radical (unpaired) electrons. The Morgan fingerprint density at radius 3 is 2.22 bits per heavy atom. The average molecular weight is 375 g/mol. The highest BCUT2D eigenvalue weighted by molar-refractivity contribution is 5.81. The van der Waals surface area contributed by atoms with Crippen molar-refractivity contribution in [2.24, 2.45) is 0 Å². The molecule has 0 aromatic heterocycles. The van der Waals surface area contributed by atoms with E-state index in [0.717, 1.165) is 5.56 Å². The Balaban J connectivity index is 2.04. The van der Waals surface area contributed by atoms with Crippen LogP contribution in [-0.4, -0.2) is 42.6 Å². The van der Waals surface area contributed by atoms with E-state index in [4.69, 9.17) is 14.6 Å². The fourth-order valence-electron chi connectivity index (χ4n) is 2.65. The summed E-state index contributed by atoms with van der Waals surface area (Å²) in [4.78, 5) is 24.9. The van der Waals surface area contributed by atoms with Crippen LogP contribution in [0.25, 0.3) is 0 Å². The molecule has 27 heavy (non-hydrogen) atoms. The van der Waals surface area contributed by atoms with Gasteiger partial charge >= 0.3 is 5.97 Å². The van der Waals surface area contributed by atoms with Gasteiger partial charge in [0.2, 0.25) is 5.91 Å². The molecule has 0 aliphatic heterocycles. The Morgan fingerprint density at radius 2 is 1.63 bits per heavy atom. The molecule has 7 heteroatoms. The number of methoxy groups -OCH3 is 2. The second-order valence-corrected chi connectivity index (χ2v) is 5.96. The molecule has 0 unspecified atom stereocenters. The molecule has 0 saturated heterocycles. The van der Waals surface area contributed by atoms with Crippen molar-refractivity contribution in [2.75, 3.05) is 20.8 Å². The number of carboxylic acid groups (broad SMARTS) is 1. The van der Waals surface area contributed by atoms with E-state index < -0.39 is 12.5 Å². The number of carboxylic acids is 1. The van der Waals surface area contributed by atoms with Crippen molar-refractivity contribution in [1.82, 2.24) is 4.90 Å². The number of hydrogen-bond donors (Lipinski definition) is 1. The zero-order chi connectivity index (χ0) is 19.8. The van der Waals surface area contributed by atoms with Gasteiger partial charge in [0.15, 0.2) is 11.5 Å². The van der Waals surface area contributed by atoms with Crippen molar-refractivity contribution in [2.45, 2.75) is 19.4 Å². The molecule has 0 atom stereocenters. The number of benzene rings is 2. The minimum Gasteiger partial charge on any atom is -0.493 e. The summed E-state index contributed by atoms with van der Waals surface area (Å²) in [5, 5.41) is 9.08. The molecule has 144 valence electrons. The van der Waals surface area contributed by atoms with Crippen LogP contribution in [0.4, 0.5) is 4.39 Å². The van der Waals surface area contributed by atoms with E-state index in [-0.39, 0.29) is 24.7 Å². The number of rotatable bonds is 9. The third-order valence-electron chi connectivity index (χ3n) is 4.04. The maximum atomic E-state index is 13.0. The minimum absolute atomic E-state index is 0.108. The second kappa shape index (κ2) is 9.56. The number of carbonyl (C=O) groups is 2. The predicted molar refractivity (Wildman–Crippen MR) is 97.3 cm³/mol. The lowest BCUT2D eigenvalue weighted by Gasteiger charge is -2.21. The van der Waals surface area contributed by atoms with Crippen LogP contribution in [-0.2, 0) is 22.6 Å². The van der Waals surface area contributed by atoms with Gasteiger partial charge in [0, 0.05) is 13.0 Å². The van der Waals surface area contributed by atoms with Crippen molar-refractivity contribution in [1.29, 1.82) is 0 Å². The van der Waals surface area contributed by atoms with E-state index in [9.17, 15) is 14.0 Å². The summed E-state index contributed by atoms with van der Waals surface area (Å²) in [5.41, 5.74) is 1.54. The molecule has 0 bridgehead atoms. The molecular formula is C20H22FNO5. The molecule has 0 spiro atoms. The molecule has 0 heterocycles. The van der Waals surface area contributed by atoms with Gasteiger partial charge in [0.05, 0.1) is 14.2 Å². The van der Waals surface area contributed by atoms with Crippen molar-refractivity contribution in [3.63, 3.8) is 0 Å². The van der Waals surface area contributed by atoms with E-state index in [2.05, 4.69) is 0 Å². The maximum absolute atomic E-state index is 13.0. The minimum atomic E-state index is -1.10. The van der Waals surface area contributed by atoms with Crippen LogP contribution in [0.1, 0.15) is 17.5 Å². The standard InChI is InChI=1S/C20H22FNO5/c1-26-17-9-5-14(11-18(17)27-2)6-10-19(23)22(13-20(24)25)12-15-3-7-16(21)8-4-15/h3-5,7-9,11H,6,10,12-13H2,1-2H3,(H,24,25). The van der Waals surface area contributed by atoms with Gasteiger partial charge in [0.1, 0.15) is 12.4 Å². The third-order valence-corrected chi connectivity index (χ3v) is 4.04. The van der Waals surface area contributed by atoms with Crippen molar-refractivity contribution >= 4 is 11.9 Å². The van der Waals surface area contributed by atoms with Gasteiger partial charge < -0.3 is 19.5 Å². The number of aryl methyl sites for hydroxylation is 1. The van der Waals surface area contributed by atoms with Crippen LogP contribution in [0.3, 0.4) is 0 Å². The van der Waals surface area contributed by atoms with E-state index in [0.29, 0.717) is 23.5 Å². The summed E-state index contributed by atoms with van der Waals surface area (Å²) in [7, 11) is 3.07. The number of halogens is 1. The van der Waals surface area contributed by atoms with Gasteiger partial charge in [-0.3, -0.25) is 9.59 Å². The summed E-state index contributed by atoms with van der Waals surface area (Å²) >= 11 is 0. The van der Waals surface area contributed by atoms with Crippen molar-refractivity contribution < 1.29 is 28.6 Å². The Bertz CT molecular complexity index is 791. The summed E-state index contributed by atoms with van der Waals surface area (Å²) in [5.74, 6) is -0.621. The Kier molecular flexibility index (Phi) is 7.16. The lowest BCUT2D eigenvalue weighted by Crippen LogP contribution is -2.35. The first-order valence-corrected chi connectivity index (χ1v) is 8.38. The zero-order valence-electron chi connectivity index (χ0n) is 15.3. The van der Waals surface area contributed by atoms with E-state index in [1.54, 1.807) is 19.2 Å². The van der Waals surface area contributed by atoms with Crippen LogP contribution in [0.15, 0.2) is 42.5 Å². The largest absolute Gasteiger partial charge is 0.493 e. The van der Waals surface area contributed by atoms with Crippen LogP contribution in [0, 0.1) is 5.82 Å². The fourth-order valence-corrected chi connectivity index (χ4v) is 2.65. The van der Waals surface area contributed by atoms with Gasteiger partial charge in [-0.05, 0) is 41.8 Å². The van der Waals surface area contributed by atoms with Crippen molar-refractivity contribution in [3.05, 3.63) is 59.4 Å². The first kappa shape index (κ1) is 20.2. The number of aliphatic carboxylic acids is 1. The molecule has 0 aliphatic rings. The lowest BCUT2D eigenvalue weighted by molar-refractivity contribution is -0.144. The molecule has 6 nitrogen and oxygen atoms in total. The summed E-state index contributed by atoms with van der Waals surface area (Å²) in [6, 6.07) is 11.0. The highest BCUT2D eigenvalue weighted by atomic mass is 19.1. The summed E-state index contributed by atoms with van der Waals surface area (Å²) in [6.45, 7) is -0.306. The van der Waals surface area contributed by atoms with Gasteiger partial charge in [-0.1, -0.05) is 18.2 Å². The Hall–Kier alpha value is -3.09. The van der Waals surface area contributed by atoms with Gasteiger partial charge in [-0.15, -0.1) is 0 Å². The molecule has 2 aromatic rings. The quantitative estimate of drug-likeness (QED) is 0.729. The molecular weight excluding hydrogens is 353 g/mol. The molecule has 0 fully saturated rings. The molecule has 2 aromatic carbocycles. The fraction of sp³-hybridized carbons (Fsp3) is 0.300. The van der Waals surface area contributed by atoms with E-state index in [1.165, 1.54) is 36.3 Å². The molecule has 0 aliphatic carbocycles. The van der Waals surface area contributed by atoms with Crippen LogP contribution < -0.4 is 9.47 Å². The predicted octanol–water partition coefficient (Wildman–Crippen LogP) is 2.89. The Labute approximate surface area is 157 Å². The SMILES string of the molecule is COc1ccc(CCC(=O)N(CC(=O)O)Cc2ccc(F)cc2)cc1OC. The lowest BCUT2D eigenvalue weighted by atomic mass is 10.1. The number of carbonyl (C=O) groups excluding carboxylic acids is 1. The second-order valence-electron chi connectivity index (χ2n) is 5.96. The van der Waals surface area contributed by atoms with Crippen molar-refractivity contribution in [3.8, 4) is 11.5 Å². The third kappa shape index (κ3) is 5.99. The molecule has 1 amide bonds. The Morgan fingerprint density at radius 1 is 1.00 bits per heavy atom. The van der Waals surface area contributed by atoms with Crippen LogP contribution >= 0.6 is 0 Å². The number of ether oxygens (including phenoxy) is 2. The van der Waals surface area contributed by atoms with Crippen LogP contribution in [0.2, 0.25) is 0 Å². The number of nitrogens with zero attached hydrogens (tertiary/aromatic N) is 1. The topological polar surface area (TPSA) is 76.1 Å². The normalized spacial score (nSPS) is 10.3. The number of hydrogen-bond acceptors (Lipinski definition) is 4. The van der Waals surface area contributed by atoms with Gasteiger partial charge in [0.25, 0.3) is 0 Å². The zero-order valence-corrected chi connectivity index (χ0v) is 15.3. The average Bonchev–Trinajstić information content (AvgIpc) is 2.66. The monoisotopic (exact) mass is 375 g/mol. The highest BCUT2D eigenvalue weighted by Gasteiger charge is 2.17. The molecule has 1 N–H and O–H groups in total. The van der Waals surface area contributed by atoms with Gasteiger partial charge in [-0.25, -0.2) is 4.39 Å².